The Labute approximate surface area is 222 Å². The van der Waals surface area contributed by atoms with Gasteiger partial charge in [0.1, 0.15) is 17.1 Å². The van der Waals surface area contributed by atoms with E-state index in [2.05, 4.69) is 17.1 Å². The second kappa shape index (κ2) is 10.3. The summed E-state index contributed by atoms with van der Waals surface area (Å²) in [5, 5.41) is 18.0. The Bertz CT molecular complexity index is 1470. The number of amides is 1. The molecule has 0 radical (unpaired) electrons. The van der Waals surface area contributed by atoms with E-state index in [-0.39, 0.29) is 23.2 Å². The van der Waals surface area contributed by atoms with Gasteiger partial charge in [0.2, 0.25) is 0 Å². The van der Waals surface area contributed by atoms with Gasteiger partial charge in [-0.05, 0) is 49.6 Å². The first-order chi connectivity index (χ1) is 18.2. The number of phenols is 1. The minimum atomic E-state index is -3.25. The maximum atomic E-state index is 13.7. The molecule has 1 amide bonds. The van der Waals surface area contributed by atoms with Crippen LogP contribution in [-0.4, -0.2) is 65.8 Å². The fourth-order valence-corrected chi connectivity index (χ4v) is 7.13. The number of sulfone groups is 1. The molecule has 9 nitrogen and oxygen atoms in total. The lowest BCUT2D eigenvalue weighted by Crippen LogP contribution is -2.40. The molecule has 10 heteroatoms. The maximum absolute atomic E-state index is 13.7. The molecule has 202 valence electrons. The Morgan fingerprint density at radius 2 is 1.97 bits per heavy atom. The van der Waals surface area contributed by atoms with Gasteiger partial charge < -0.3 is 19.5 Å². The Kier molecular flexibility index (Phi) is 7.09. The molecule has 0 spiro atoms. The normalized spacial score (nSPS) is 20.1. The number of nitrogens with one attached hydrogen (secondary N) is 1. The van der Waals surface area contributed by atoms with Crippen molar-refractivity contribution in [3.63, 3.8) is 0 Å². The number of nitrogens with zero attached hydrogens (tertiary/aromatic N) is 2. The summed E-state index contributed by atoms with van der Waals surface area (Å²) < 4.78 is 36.4. The number of aromatic nitrogens is 2. The van der Waals surface area contributed by atoms with E-state index in [1.165, 1.54) is 0 Å². The number of unbranched alkanes of at least 4 members (excludes halogenated alkanes) is 2. The number of benzene rings is 2. The maximum Gasteiger partial charge on any atom is 0.273 e. The third-order valence-electron chi connectivity index (χ3n) is 7.32. The Morgan fingerprint density at radius 1 is 1.16 bits per heavy atom. The molecule has 2 aliphatic rings. The highest BCUT2D eigenvalue weighted by atomic mass is 32.2. The summed E-state index contributed by atoms with van der Waals surface area (Å²) in [5.41, 5.74) is 3.55. The lowest BCUT2D eigenvalue weighted by Gasteiger charge is -2.31. The molecule has 2 atom stereocenters. The standard InChI is InChI=1S/C28H33N3O6S/c1-4-5-6-12-37-22-10-8-18(15-23(22)36-3)27-24-25(20-14-17(2)7-9-21(20)32)29-30-26(24)28(33)31(27)19-11-13-38(34,35)16-19/h7-10,14-15,19,27,32H,4-6,11-13,16H2,1-3H3,(H,29,30). The van der Waals surface area contributed by atoms with Crippen molar-refractivity contribution in [1.82, 2.24) is 15.1 Å². The van der Waals surface area contributed by atoms with Crippen LogP contribution in [0.4, 0.5) is 0 Å². The Hall–Kier alpha value is -3.53. The van der Waals surface area contributed by atoms with Crippen LogP contribution in [-0.2, 0) is 9.84 Å². The van der Waals surface area contributed by atoms with E-state index in [1.807, 2.05) is 31.2 Å². The smallest absolute Gasteiger partial charge is 0.273 e. The van der Waals surface area contributed by atoms with Gasteiger partial charge in [-0.2, -0.15) is 5.10 Å². The number of H-pyrrole nitrogens is 1. The van der Waals surface area contributed by atoms with Crippen LogP contribution in [0, 0.1) is 6.92 Å². The fraction of sp³-hybridized carbons (Fsp3) is 0.429. The summed E-state index contributed by atoms with van der Waals surface area (Å²) in [6.07, 6.45) is 3.46. The number of hydrogen-bond donors (Lipinski definition) is 2. The number of phenolic OH excluding ortho intramolecular Hbond substituents is 1. The summed E-state index contributed by atoms with van der Waals surface area (Å²) in [6.45, 7) is 4.62. The first-order valence-corrected chi connectivity index (χ1v) is 14.8. The van der Waals surface area contributed by atoms with E-state index in [4.69, 9.17) is 9.47 Å². The van der Waals surface area contributed by atoms with Crippen LogP contribution in [0.5, 0.6) is 17.2 Å². The zero-order chi connectivity index (χ0) is 27.0. The highest BCUT2D eigenvalue weighted by Gasteiger charge is 2.48. The summed E-state index contributed by atoms with van der Waals surface area (Å²) >= 11 is 0. The number of rotatable bonds is 9. The molecule has 5 rings (SSSR count). The number of carbonyl (C=O) groups excluding carboxylic acids is 1. The summed E-state index contributed by atoms with van der Waals surface area (Å²) in [6, 6.07) is 9.68. The van der Waals surface area contributed by atoms with Gasteiger partial charge in [-0.25, -0.2) is 8.42 Å². The average molecular weight is 540 g/mol. The van der Waals surface area contributed by atoms with Gasteiger partial charge in [0.05, 0.1) is 31.3 Å². The molecule has 0 aliphatic carbocycles. The van der Waals surface area contributed by atoms with Gasteiger partial charge in [-0.3, -0.25) is 9.89 Å². The molecule has 38 heavy (non-hydrogen) atoms. The molecule has 1 fully saturated rings. The number of aromatic hydroxyl groups is 1. The molecule has 2 aliphatic heterocycles. The number of fused-ring (bicyclic) bond motifs is 1. The zero-order valence-electron chi connectivity index (χ0n) is 21.9. The number of carbonyl (C=O) groups is 1. The van der Waals surface area contributed by atoms with Crippen LogP contribution in [0.15, 0.2) is 36.4 Å². The summed E-state index contributed by atoms with van der Waals surface area (Å²) in [4.78, 5) is 15.4. The van der Waals surface area contributed by atoms with Gasteiger partial charge in [0, 0.05) is 17.2 Å². The quantitative estimate of drug-likeness (QED) is 0.387. The van der Waals surface area contributed by atoms with Crippen molar-refractivity contribution in [2.75, 3.05) is 25.2 Å². The largest absolute Gasteiger partial charge is 0.507 e. The third-order valence-corrected chi connectivity index (χ3v) is 9.07. The van der Waals surface area contributed by atoms with Crippen LogP contribution in [0.1, 0.15) is 65.8 Å². The van der Waals surface area contributed by atoms with Gasteiger partial charge in [0.25, 0.3) is 5.91 Å². The van der Waals surface area contributed by atoms with Gasteiger partial charge in [-0.15, -0.1) is 0 Å². The van der Waals surface area contributed by atoms with E-state index in [1.54, 1.807) is 24.1 Å². The lowest BCUT2D eigenvalue weighted by molar-refractivity contribution is 0.0677. The second-order valence-electron chi connectivity index (χ2n) is 10.0. The van der Waals surface area contributed by atoms with Crippen LogP contribution in [0.25, 0.3) is 11.3 Å². The van der Waals surface area contributed by atoms with Crippen LogP contribution >= 0.6 is 0 Å². The molecule has 2 unspecified atom stereocenters. The molecule has 0 bridgehead atoms. The molecule has 2 N–H and O–H groups in total. The number of ether oxygens (including phenoxy) is 2. The highest BCUT2D eigenvalue weighted by Crippen LogP contribution is 2.47. The van der Waals surface area contributed by atoms with E-state index in [0.29, 0.717) is 47.0 Å². The van der Waals surface area contributed by atoms with Crippen LogP contribution in [0.2, 0.25) is 0 Å². The van der Waals surface area contributed by atoms with Crippen molar-refractivity contribution < 1.29 is 27.8 Å². The molecular formula is C28H33N3O6S. The Morgan fingerprint density at radius 3 is 2.68 bits per heavy atom. The highest BCUT2D eigenvalue weighted by molar-refractivity contribution is 7.91. The summed E-state index contributed by atoms with van der Waals surface area (Å²) in [7, 11) is -1.68. The predicted molar refractivity (Wildman–Crippen MR) is 144 cm³/mol. The monoisotopic (exact) mass is 539 g/mol. The van der Waals surface area contributed by atoms with Crippen molar-refractivity contribution in [2.24, 2.45) is 0 Å². The number of methoxy groups -OCH3 is 1. The van der Waals surface area contributed by atoms with Crippen LogP contribution in [0.3, 0.4) is 0 Å². The molecule has 3 heterocycles. The zero-order valence-corrected chi connectivity index (χ0v) is 22.7. The molecular weight excluding hydrogens is 506 g/mol. The van der Waals surface area contributed by atoms with Gasteiger partial charge >= 0.3 is 0 Å². The van der Waals surface area contributed by atoms with Crippen molar-refractivity contribution in [1.29, 1.82) is 0 Å². The number of aromatic amines is 1. The SMILES string of the molecule is CCCCCOc1ccc(C2c3c(-c4cc(C)ccc4O)n[nH]c3C(=O)N2C2CCS(=O)(=O)C2)cc1OC. The van der Waals surface area contributed by atoms with Crippen molar-refractivity contribution in [2.45, 2.75) is 51.6 Å². The molecule has 1 aromatic heterocycles. The van der Waals surface area contributed by atoms with Crippen molar-refractivity contribution in [3.05, 3.63) is 58.8 Å². The topological polar surface area (TPSA) is 122 Å². The van der Waals surface area contributed by atoms with Crippen LogP contribution < -0.4 is 9.47 Å². The Balaban J connectivity index is 1.61. The minimum Gasteiger partial charge on any atom is -0.507 e. The molecule has 3 aromatic rings. The third kappa shape index (κ3) is 4.73. The van der Waals surface area contributed by atoms with E-state index < -0.39 is 21.9 Å². The number of hydrogen-bond acceptors (Lipinski definition) is 7. The van der Waals surface area contributed by atoms with E-state index in [0.717, 1.165) is 30.4 Å². The van der Waals surface area contributed by atoms with Gasteiger partial charge in [0.15, 0.2) is 21.3 Å². The fourth-order valence-electron chi connectivity index (χ4n) is 5.42. The lowest BCUT2D eigenvalue weighted by atomic mass is 9.94. The summed E-state index contributed by atoms with van der Waals surface area (Å²) in [5.74, 6) is 0.828. The number of aryl methyl sites for hydroxylation is 1. The van der Waals surface area contributed by atoms with Gasteiger partial charge in [-0.1, -0.05) is 37.5 Å². The van der Waals surface area contributed by atoms with Crippen molar-refractivity contribution in [3.8, 4) is 28.5 Å². The first kappa shape index (κ1) is 26.1. The molecule has 1 saturated heterocycles. The van der Waals surface area contributed by atoms with Crippen molar-refractivity contribution >= 4 is 15.7 Å². The molecule has 2 aromatic carbocycles. The second-order valence-corrected chi connectivity index (χ2v) is 12.2. The van der Waals surface area contributed by atoms with E-state index >= 15 is 0 Å². The molecule has 0 saturated carbocycles. The van der Waals surface area contributed by atoms with E-state index in [9.17, 15) is 18.3 Å². The average Bonchev–Trinajstić information content (AvgIpc) is 3.56. The predicted octanol–water partition coefficient (Wildman–Crippen LogP) is 4.40. The minimum absolute atomic E-state index is 0.0414. The first-order valence-electron chi connectivity index (χ1n) is 13.0.